The van der Waals surface area contributed by atoms with Gasteiger partial charge in [0.15, 0.2) is 5.65 Å². The zero-order valence-electron chi connectivity index (χ0n) is 6.07. The molecule has 2 aromatic heterocycles. The van der Waals surface area contributed by atoms with Crippen LogP contribution in [0.4, 0.5) is 11.8 Å². The van der Waals surface area contributed by atoms with Crippen LogP contribution in [0.5, 0.6) is 0 Å². The fraction of sp³-hybridized carbons (Fsp3) is 0. The Morgan fingerprint density at radius 3 is 3.00 bits per heavy atom. The van der Waals surface area contributed by atoms with Crippen molar-refractivity contribution >= 4 is 22.8 Å². The summed E-state index contributed by atoms with van der Waals surface area (Å²) in [6.45, 7) is 0. The zero-order valence-corrected chi connectivity index (χ0v) is 6.07. The number of nitrogen functional groups attached to an aromatic ring is 2. The number of aromatic amines is 1. The molecule has 2 rings (SSSR count). The highest BCUT2D eigenvalue weighted by atomic mass is 15.3. The number of nitrogens with zero attached hydrogens (tertiary/aromatic N) is 3. The first-order chi connectivity index (χ1) is 5.81. The van der Waals surface area contributed by atoms with E-state index in [1.54, 1.807) is 6.20 Å². The second-order valence-corrected chi connectivity index (χ2v) is 2.21. The van der Waals surface area contributed by atoms with Crippen molar-refractivity contribution in [1.29, 1.82) is 0 Å². The average Bonchev–Trinajstić information content (AvgIpc) is 2.52. The van der Waals surface area contributed by atoms with E-state index in [1.165, 1.54) is 0 Å². The van der Waals surface area contributed by atoms with Crippen molar-refractivity contribution < 1.29 is 0 Å². The topological polar surface area (TPSA) is 119 Å². The monoisotopic (exact) mass is 165 g/mol. The first-order valence-electron chi connectivity index (χ1n) is 3.24. The first kappa shape index (κ1) is 6.80. The summed E-state index contributed by atoms with van der Waals surface area (Å²) in [6, 6.07) is 0. The number of nitrogens with two attached hydrogens (primary N) is 2. The van der Waals surface area contributed by atoms with Crippen LogP contribution in [-0.2, 0) is 0 Å². The molecule has 7 nitrogen and oxygen atoms in total. The van der Waals surface area contributed by atoms with Gasteiger partial charge in [0, 0.05) is 0 Å². The highest BCUT2D eigenvalue weighted by molar-refractivity contribution is 5.85. The predicted molar refractivity (Wildman–Crippen MR) is 43.9 cm³/mol. The molecule has 0 unspecified atom stereocenters. The molecule has 0 spiro atoms. The molecule has 0 saturated heterocycles. The SMILES string of the molecule is NNc1nc(N)c2cn[nH]c2n1. The van der Waals surface area contributed by atoms with Crippen LogP contribution in [0, 0.1) is 0 Å². The summed E-state index contributed by atoms with van der Waals surface area (Å²) in [7, 11) is 0. The number of anilines is 2. The lowest BCUT2D eigenvalue weighted by molar-refractivity contribution is 1.08. The van der Waals surface area contributed by atoms with E-state index in [4.69, 9.17) is 11.6 Å². The van der Waals surface area contributed by atoms with Crippen molar-refractivity contribution in [3.63, 3.8) is 0 Å². The third-order valence-corrected chi connectivity index (χ3v) is 1.47. The van der Waals surface area contributed by atoms with Gasteiger partial charge in [-0.1, -0.05) is 0 Å². The Morgan fingerprint density at radius 1 is 1.42 bits per heavy atom. The van der Waals surface area contributed by atoms with Gasteiger partial charge in [0.1, 0.15) is 5.82 Å². The molecular formula is C5H7N7. The quantitative estimate of drug-likeness (QED) is 0.325. The maximum Gasteiger partial charge on any atom is 0.241 e. The van der Waals surface area contributed by atoms with Crippen LogP contribution in [0.15, 0.2) is 6.20 Å². The maximum atomic E-state index is 5.57. The minimum atomic E-state index is 0.268. The van der Waals surface area contributed by atoms with Crippen molar-refractivity contribution in [2.24, 2.45) is 5.84 Å². The van der Waals surface area contributed by atoms with Gasteiger partial charge in [-0.05, 0) is 0 Å². The molecule has 0 fully saturated rings. The predicted octanol–water partition coefficient (Wildman–Crippen LogP) is -0.779. The van der Waals surface area contributed by atoms with E-state index in [-0.39, 0.29) is 5.95 Å². The summed E-state index contributed by atoms with van der Waals surface area (Å²) in [5.41, 5.74) is 8.44. The van der Waals surface area contributed by atoms with E-state index < -0.39 is 0 Å². The Kier molecular flexibility index (Phi) is 1.31. The Bertz CT molecular complexity index is 405. The van der Waals surface area contributed by atoms with Crippen LogP contribution in [0.1, 0.15) is 0 Å². The second kappa shape index (κ2) is 2.31. The van der Waals surface area contributed by atoms with Gasteiger partial charge in [0.05, 0.1) is 11.6 Å². The Balaban J connectivity index is 2.75. The van der Waals surface area contributed by atoms with Crippen LogP contribution in [-0.4, -0.2) is 20.2 Å². The third kappa shape index (κ3) is 0.839. The summed E-state index contributed by atoms with van der Waals surface area (Å²) < 4.78 is 0. The molecule has 0 radical (unpaired) electrons. The zero-order chi connectivity index (χ0) is 8.55. The minimum Gasteiger partial charge on any atom is -0.383 e. The molecule has 0 aliphatic rings. The first-order valence-corrected chi connectivity index (χ1v) is 3.24. The number of nitrogens with one attached hydrogen (secondary N) is 2. The molecule has 0 amide bonds. The number of aromatic nitrogens is 4. The molecule has 0 aliphatic carbocycles. The van der Waals surface area contributed by atoms with Gasteiger partial charge < -0.3 is 5.73 Å². The van der Waals surface area contributed by atoms with Gasteiger partial charge in [0.25, 0.3) is 0 Å². The highest BCUT2D eigenvalue weighted by Gasteiger charge is 2.04. The van der Waals surface area contributed by atoms with E-state index in [2.05, 4.69) is 25.6 Å². The van der Waals surface area contributed by atoms with Crippen LogP contribution in [0.2, 0.25) is 0 Å². The molecule has 62 valence electrons. The smallest absolute Gasteiger partial charge is 0.241 e. The summed E-state index contributed by atoms with van der Waals surface area (Å²) in [5.74, 6) is 5.73. The normalized spacial score (nSPS) is 10.4. The van der Waals surface area contributed by atoms with Crippen molar-refractivity contribution in [1.82, 2.24) is 20.2 Å². The number of hydrazine groups is 1. The van der Waals surface area contributed by atoms with E-state index in [0.29, 0.717) is 16.9 Å². The van der Waals surface area contributed by atoms with Crippen molar-refractivity contribution in [3.05, 3.63) is 6.20 Å². The molecule has 0 atom stereocenters. The van der Waals surface area contributed by atoms with E-state index in [9.17, 15) is 0 Å². The minimum absolute atomic E-state index is 0.268. The molecule has 0 aliphatic heterocycles. The maximum absolute atomic E-state index is 5.57. The third-order valence-electron chi connectivity index (χ3n) is 1.47. The Labute approximate surface area is 67.1 Å². The van der Waals surface area contributed by atoms with E-state index in [0.717, 1.165) is 0 Å². The van der Waals surface area contributed by atoms with Gasteiger partial charge in [-0.15, -0.1) is 0 Å². The Hall–Kier alpha value is -1.89. The molecule has 0 aromatic carbocycles. The summed E-state index contributed by atoms with van der Waals surface area (Å²) in [6.07, 6.45) is 1.56. The fourth-order valence-corrected chi connectivity index (χ4v) is 0.922. The van der Waals surface area contributed by atoms with Gasteiger partial charge >= 0.3 is 0 Å². The van der Waals surface area contributed by atoms with Gasteiger partial charge in [-0.25, -0.2) is 5.84 Å². The van der Waals surface area contributed by atoms with Gasteiger partial charge in [-0.2, -0.15) is 15.1 Å². The summed E-state index contributed by atoms with van der Waals surface area (Å²) in [5, 5.41) is 7.11. The molecule has 2 aromatic rings. The number of hydrogen-bond donors (Lipinski definition) is 4. The van der Waals surface area contributed by atoms with Gasteiger partial charge in [0.2, 0.25) is 5.95 Å². The molecule has 0 bridgehead atoms. The van der Waals surface area contributed by atoms with E-state index >= 15 is 0 Å². The summed E-state index contributed by atoms with van der Waals surface area (Å²) in [4.78, 5) is 7.83. The lowest BCUT2D eigenvalue weighted by atomic mass is 10.4. The molecular weight excluding hydrogens is 158 g/mol. The van der Waals surface area contributed by atoms with E-state index in [1.807, 2.05) is 0 Å². The van der Waals surface area contributed by atoms with Crippen LogP contribution in [0.3, 0.4) is 0 Å². The molecule has 2 heterocycles. The molecule has 0 saturated carbocycles. The van der Waals surface area contributed by atoms with Crippen LogP contribution >= 0.6 is 0 Å². The molecule has 6 N–H and O–H groups in total. The standard InChI is InChI=1S/C5H7N7/c6-3-2-1-8-12-4(2)10-5(9-3)11-7/h1H,7H2,(H4,6,8,9,10,11,12). The van der Waals surface area contributed by atoms with Crippen molar-refractivity contribution in [3.8, 4) is 0 Å². The van der Waals surface area contributed by atoms with Crippen molar-refractivity contribution in [2.45, 2.75) is 0 Å². The van der Waals surface area contributed by atoms with Crippen LogP contribution < -0.4 is 17.0 Å². The fourth-order valence-electron chi connectivity index (χ4n) is 0.922. The highest BCUT2D eigenvalue weighted by Crippen LogP contribution is 2.15. The summed E-state index contributed by atoms with van der Waals surface area (Å²) >= 11 is 0. The molecule has 7 heteroatoms. The second-order valence-electron chi connectivity index (χ2n) is 2.21. The molecule has 12 heavy (non-hydrogen) atoms. The van der Waals surface area contributed by atoms with Gasteiger partial charge in [-0.3, -0.25) is 10.5 Å². The van der Waals surface area contributed by atoms with Crippen molar-refractivity contribution in [2.75, 3.05) is 11.2 Å². The number of hydrogen-bond acceptors (Lipinski definition) is 6. The Morgan fingerprint density at radius 2 is 2.25 bits per heavy atom. The van der Waals surface area contributed by atoms with Crippen LogP contribution in [0.25, 0.3) is 11.0 Å². The largest absolute Gasteiger partial charge is 0.383 e. The lowest BCUT2D eigenvalue weighted by Crippen LogP contribution is -2.11. The number of H-pyrrole nitrogens is 1. The number of rotatable bonds is 1. The lowest BCUT2D eigenvalue weighted by Gasteiger charge is -1.98. The average molecular weight is 165 g/mol. The number of fused-ring (bicyclic) bond motifs is 1.